The Balaban J connectivity index is 1.77. The van der Waals surface area contributed by atoms with Crippen LogP contribution in [-0.4, -0.2) is 48.3 Å². The Morgan fingerprint density at radius 1 is 1.19 bits per heavy atom. The highest BCUT2D eigenvalue weighted by atomic mass is 32.2. The molecule has 0 spiro atoms. The molecule has 1 saturated heterocycles. The molecule has 3 rings (SSSR count). The molecule has 140 valence electrons. The number of likely N-dealkylation sites (tertiary alicyclic amines) is 1. The molecule has 1 amide bonds. The molecular formula is C18H23N3O4S. The lowest BCUT2D eigenvalue weighted by atomic mass is 9.92. The minimum Gasteiger partial charge on any atom is -0.408 e. The molecule has 2 aromatic rings. The van der Waals surface area contributed by atoms with Crippen LogP contribution in [0.15, 0.2) is 33.9 Å². The third-order valence-corrected chi connectivity index (χ3v) is 5.91. The summed E-state index contributed by atoms with van der Waals surface area (Å²) in [5.74, 6) is -0.210. The fourth-order valence-corrected chi connectivity index (χ4v) is 4.44. The van der Waals surface area contributed by atoms with Gasteiger partial charge in [-0.05, 0) is 36.8 Å². The number of carbonyl (C=O) groups excluding carboxylic acids is 1. The largest absolute Gasteiger partial charge is 0.408 e. The van der Waals surface area contributed by atoms with Gasteiger partial charge in [0.05, 0.1) is 0 Å². The van der Waals surface area contributed by atoms with E-state index < -0.39 is 26.7 Å². The Kier molecular flexibility index (Phi) is 5.13. The van der Waals surface area contributed by atoms with Gasteiger partial charge in [0.2, 0.25) is 21.6 Å². The van der Waals surface area contributed by atoms with Gasteiger partial charge in [-0.1, -0.05) is 37.1 Å². The molecule has 0 aliphatic carbocycles. The number of carbonyl (C=O) groups is 1. The number of piperidine rings is 1. The predicted molar refractivity (Wildman–Crippen MR) is 96.0 cm³/mol. The van der Waals surface area contributed by atoms with Crippen LogP contribution >= 0.6 is 0 Å². The van der Waals surface area contributed by atoms with Crippen molar-refractivity contribution in [3.8, 4) is 11.5 Å². The van der Waals surface area contributed by atoms with Crippen molar-refractivity contribution in [1.29, 1.82) is 0 Å². The number of benzene rings is 1. The zero-order valence-corrected chi connectivity index (χ0v) is 16.0. The lowest BCUT2D eigenvalue weighted by Gasteiger charge is -2.34. The standard InChI is InChI=1S/C18H23N3O4S/c1-12-8-13(2)10-21(9-12)16(22)11-26(23,24)18-20-19-17(25-18)15-7-5-4-6-14(15)3/h4-7,12-13H,8-11H2,1-3H3. The molecule has 0 bridgehead atoms. The number of rotatable bonds is 4. The fraction of sp³-hybridized carbons (Fsp3) is 0.500. The first-order valence-electron chi connectivity index (χ1n) is 8.66. The number of hydrogen-bond donors (Lipinski definition) is 0. The molecule has 2 unspecified atom stereocenters. The molecule has 1 fully saturated rings. The van der Waals surface area contributed by atoms with Crippen LogP contribution in [0.1, 0.15) is 25.8 Å². The van der Waals surface area contributed by atoms with Crippen molar-refractivity contribution in [2.75, 3.05) is 18.8 Å². The van der Waals surface area contributed by atoms with E-state index in [4.69, 9.17) is 4.42 Å². The molecule has 0 saturated carbocycles. The molecule has 1 aromatic heterocycles. The fourth-order valence-electron chi connectivity index (χ4n) is 3.44. The van der Waals surface area contributed by atoms with Crippen molar-refractivity contribution in [2.24, 2.45) is 11.8 Å². The topological polar surface area (TPSA) is 93.4 Å². The zero-order chi connectivity index (χ0) is 18.9. The van der Waals surface area contributed by atoms with Crippen LogP contribution in [0, 0.1) is 18.8 Å². The van der Waals surface area contributed by atoms with Gasteiger partial charge in [0.1, 0.15) is 5.75 Å². The van der Waals surface area contributed by atoms with Crippen LogP contribution in [0.4, 0.5) is 0 Å². The maximum absolute atomic E-state index is 12.5. The Labute approximate surface area is 153 Å². The second-order valence-electron chi connectivity index (χ2n) is 7.19. The van der Waals surface area contributed by atoms with Crippen molar-refractivity contribution in [2.45, 2.75) is 32.4 Å². The van der Waals surface area contributed by atoms with Gasteiger partial charge in [-0.3, -0.25) is 4.79 Å². The number of amides is 1. The minimum absolute atomic E-state index is 0.134. The Morgan fingerprint density at radius 2 is 1.85 bits per heavy atom. The summed E-state index contributed by atoms with van der Waals surface area (Å²) in [5, 5.41) is 6.98. The number of sulfone groups is 1. The second kappa shape index (κ2) is 7.19. The van der Waals surface area contributed by atoms with Gasteiger partial charge in [-0.25, -0.2) is 8.42 Å². The van der Waals surface area contributed by atoms with Crippen molar-refractivity contribution >= 4 is 15.7 Å². The minimum atomic E-state index is -3.98. The van der Waals surface area contributed by atoms with Gasteiger partial charge >= 0.3 is 5.22 Å². The lowest BCUT2D eigenvalue weighted by Crippen LogP contribution is -2.44. The quantitative estimate of drug-likeness (QED) is 0.812. The molecule has 7 nitrogen and oxygen atoms in total. The van der Waals surface area contributed by atoms with E-state index in [0.29, 0.717) is 30.5 Å². The molecule has 1 aliphatic rings. The molecule has 1 aromatic carbocycles. The molecule has 0 N–H and O–H groups in total. The highest BCUT2D eigenvalue weighted by Gasteiger charge is 2.32. The van der Waals surface area contributed by atoms with Crippen molar-refractivity contribution in [3.63, 3.8) is 0 Å². The molecular weight excluding hydrogens is 354 g/mol. The van der Waals surface area contributed by atoms with E-state index in [1.165, 1.54) is 0 Å². The van der Waals surface area contributed by atoms with Crippen LogP contribution in [-0.2, 0) is 14.6 Å². The summed E-state index contributed by atoms with van der Waals surface area (Å²) in [4.78, 5) is 14.1. The smallest absolute Gasteiger partial charge is 0.336 e. The summed E-state index contributed by atoms with van der Waals surface area (Å²) in [6.45, 7) is 7.16. The van der Waals surface area contributed by atoms with Gasteiger partial charge in [-0.2, -0.15) is 0 Å². The third kappa shape index (κ3) is 3.95. The average Bonchev–Trinajstić information content (AvgIpc) is 3.04. The van der Waals surface area contributed by atoms with Crippen molar-refractivity contribution in [3.05, 3.63) is 29.8 Å². The maximum atomic E-state index is 12.5. The van der Waals surface area contributed by atoms with Crippen LogP contribution in [0.25, 0.3) is 11.5 Å². The normalized spacial score (nSPS) is 21.0. The van der Waals surface area contributed by atoms with E-state index in [-0.39, 0.29) is 5.89 Å². The van der Waals surface area contributed by atoms with E-state index in [9.17, 15) is 13.2 Å². The summed E-state index contributed by atoms with van der Waals surface area (Å²) in [5.41, 5.74) is 1.57. The summed E-state index contributed by atoms with van der Waals surface area (Å²) in [6, 6.07) is 7.33. The monoisotopic (exact) mass is 377 g/mol. The van der Waals surface area contributed by atoms with E-state index in [1.807, 2.05) is 25.1 Å². The van der Waals surface area contributed by atoms with Crippen LogP contribution in [0.5, 0.6) is 0 Å². The second-order valence-corrected chi connectivity index (χ2v) is 9.06. The summed E-state index contributed by atoms with van der Waals surface area (Å²) >= 11 is 0. The van der Waals surface area contributed by atoms with Crippen LogP contribution < -0.4 is 0 Å². The van der Waals surface area contributed by atoms with E-state index >= 15 is 0 Å². The third-order valence-electron chi connectivity index (χ3n) is 4.58. The molecule has 2 atom stereocenters. The maximum Gasteiger partial charge on any atom is 0.336 e. The average molecular weight is 377 g/mol. The summed E-state index contributed by atoms with van der Waals surface area (Å²) < 4.78 is 30.4. The Bertz CT molecular complexity index is 897. The van der Waals surface area contributed by atoms with Gasteiger partial charge in [0, 0.05) is 18.7 Å². The number of aryl methyl sites for hydroxylation is 1. The summed E-state index contributed by atoms with van der Waals surface area (Å²) in [7, 11) is -3.98. The zero-order valence-electron chi connectivity index (χ0n) is 15.2. The highest BCUT2D eigenvalue weighted by molar-refractivity contribution is 7.91. The van der Waals surface area contributed by atoms with Gasteiger partial charge < -0.3 is 9.32 Å². The van der Waals surface area contributed by atoms with Gasteiger partial charge in [0.15, 0.2) is 0 Å². The van der Waals surface area contributed by atoms with Crippen molar-refractivity contribution in [1.82, 2.24) is 15.1 Å². The van der Waals surface area contributed by atoms with Crippen LogP contribution in [0.2, 0.25) is 0 Å². The molecule has 8 heteroatoms. The number of hydrogen-bond acceptors (Lipinski definition) is 6. The van der Waals surface area contributed by atoms with Crippen LogP contribution in [0.3, 0.4) is 0 Å². The molecule has 1 aliphatic heterocycles. The van der Waals surface area contributed by atoms with E-state index in [2.05, 4.69) is 24.0 Å². The number of aromatic nitrogens is 2. The van der Waals surface area contributed by atoms with Crippen molar-refractivity contribution < 1.29 is 17.6 Å². The van der Waals surface area contributed by atoms with Gasteiger partial charge in [-0.15, -0.1) is 5.10 Å². The predicted octanol–water partition coefficient (Wildman–Crippen LogP) is 2.32. The number of nitrogens with zero attached hydrogens (tertiary/aromatic N) is 3. The molecule has 26 heavy (non-hydrogen) atoms. The SMILES string of the molecule is Cc1ccccc1-c1nnc(S(=O)(=O)CC(=O)N2CC(C)CC(C)C2)o1. The lowest BCUT2D eigenvalue weighted by molar-refractivity contribution is -0.131. The molecule has 2 heterocycles. The first-order chi connectivity index (χ1) is 12.3. The van der Waals surface area contributed by atoms with E-state index in [1.54, 1.807) is 11.0 Å². The van der Waals surface area contributed by atoms with Gasteiger partial charge in [0.25, 0.3) is 0 Å². The Morgan fingerprint density at radius 3 is 2.50 bits per heavy atom. The molecule has 0 radical (unpaired) electrons. The Hall–Kier alpha value is -2.22. The highest BCUT2D eigenvalue weighted by Crippen LogP contribution is 2.24. The summed E-state index contributed by atoms with van der Waals surface area (Å²) in [6.07, 6.45) is 1.04. The van der Waals surface area contributed by atoms with E-state index in [0.717, 1.165) is 12.0 Å². The first-order valence-corrected chi connectivity index (χ1v) is 10.3. The first kappa shape index (κ1) is 18.6.